The summed E-state index contributed by atoms with van der Waals surface area (Å²) < 4.78 is 5.67. The molecule has 0 spiro atoms. The first kappa shape index (κ1) is 16.9. The number of hydrogen-bond donors (Lipinski definition) is 0. The van der Waals surface area contributed by atoms with Gasteiger partial charge in [-0.3, -0.25) is 4.79 Å². The number of benzene rings is 1. The number of rotatable bonds is 7. The third-order valence-corrected chi connectivity index (χ3v) is 4.23. The normalized spacial score (nSPS) is 15.8. The smallest absolute Gasteiger partial charge is 0.226 e. The van der Waals surface area contributed by atoms with Crippen molar-refractivity contribution in [2.75, 3.05) is 13.2 Å². The van der Waals surface area contributed by atoms with Gasteiger partial charge in [0.15, 0.2) is 0 Å². The number of amides is 1. The zero-order chi connectivity index (χ0) is 15.8. The van der Waals surface area contributed by atoms with Crippen LogP contribution in [0.15, 0.2) is 30.3 Å². The van der Waals surface area contributed by atoms with Gasteiger partial charge in [-0.2, -0.15) is 0 Å². The molecule has 1 aromatic carbocycles. The van der Waals surface area contributed by atoms with Gasteiger partial charge in [0.1, 0.15) is 5.75 Å². The zero-order valence-electron chi connectivity index (χ0n) is 14.0. The van der Waals surface area contributed by atoms with Crippen molar-refractivity contribution in [3.05, 3.63) is 30.3 Å². The molecule has 2 rings (SSSR count). The molecule has 3 nitrogen and oxygen atoms in total. The predicted octanol–water partition coefficient (Wildman–Crippen LogP) is 4.27. The summed E-state index contributed by atoms with van der Waals surface area (Å²) in [6.07, 6.45) is 6.63. The average molecular weight is 303 g/mol. The molecule has 1 saturated carbocycles. The molecular formula is C19H29NO2. The van der Waals surface area contributed by atoms with Gasteiger partial charge < -0.3 is 9.64 Å². The molecule has 0 saturated heterocycles. The Labute approximate surface area is 134 Å². The molecule has 1 aromatic rings. The van der Waals surface area contributed by atoms with E-state index in [0.717, 1.165) is 25.1 Å². The SMILES string of the molecule is CC(C)CN(C(=O)CCOc1ccccc1)C1CCCCC1. The molecule has 0 heterocycles. The molecule has 1 aliphatic rings. The van der Waals surface area contributed by atoms with E-state index in [9.17, 15) is 4.79 Å². The van der Waals surface area contributed by atoms with E-state index in [1.54, 1.807) is 0 Å². The first-order valence-electron chi connectivity index (χ1n) is 8.64. The van der Waals surface area contributed by atoms with E-state index in [0.29, 0.717) is 25.0 Å². The highest BCUT2D eigenvalue weighted by Crippen LogP contribution is 2.24. The van der Waals surface area contributed by atoms with Gasteiger partial charge in [0.05, 0.1) is 13.0 Å². The maximum atomic E-state index is 12.6. The van der Waals surface area contributed by atoms with Crippen LogP contribution in [0.25, 0.3) is 0 Å². The van der Waals surface area contributed by atoms with Gasteiger partial charge in [0.25, 0.3) is 0 Å². The van der Waals surface area contributed by atoms with Crippen LogP contribution in [-0.2, 0) is 4.79 Å². The summed E-state index contributed by atoms with van der Waals surface area (Å²) >= 11 is 0. The van der Waals surface area contributed by atoms with Crippen molar-refractivity contribution >= 4 is 5.91 Å². The lowest BCUT2D eigenvalue weighted by atomic mass is 9.93. The van der Waals surface area contributed by atoms with Crippen LogP contribution in [0.1, 0.15) is 52.4 Å². The molecule has 0 bridgehead atoms. The highest BCUT2D eigenvalue weighted by molar-refractivity contribution is 5.76. The molecule has 0 unspecified atom stereocenters. The minimum absolute atomic E-state index is 0.247. The fraction of sp³-hybridized carbons (Fsp3) is 0.632. The fourth-order valence-corrected chi connectivity index (χ4v) is 3.16. The van der Waals surface area contributed by atoms with E-state index < -0.39 is 0 Å². The monoisotopic (exact) mass is 303 g/mol. The van der Waals surface area contributed by atoms with E-state index >= 15 is 0 Å². The second kappa shape index (κ2) is 8.82. The largest absolute Gasteiger partial charge is 0.493 e. The van der Waals surface area contributed by atoms with E-state index in [-0.39, 0.29) is 5.91 Å². The second-order valence-electron chi connectivity index (χ2n) is 6.64. The highest BCUT2D eigenvalue weighted by Gasteiger charge is 2.25. The van der Waals surface area contributed by atoms with E-state index in [2.05, 4.69) is 18.7 Å². The molecule has 1 fully saturated rings. The Morgan fingerprint density at radius 3 is 2.50 bits per heavy atom. The minimum Gasteiger partial charge on any atom is -0.493 e. The number of ether oxygens (including phenoxy) is 1. The minimum atomic E-state index is 0.247. The summed E-state index contributed by atoms with van der Waals surface area (Å²) in [4.78, 5) is 14.7. The maximum Gasteiger partial charge on any atom is 0.226 e. The Morgan fingerprint density at radius 2 is 1.86 bits per heavy atom. The van der Waals surface area contributed by atoms with E-state index in [1.807, 2.05) is 30.3 Å². The molecular weight excluding hydrogens is 274 g/mol. The molecule has 22 heavy (non-hydrogen) atoms. The van der Waals surface area contributed by atoms with Crippen LogP contribution in [0.3, 0.4) is 0 Å². The van der Waals surface area contributed by atoms with Crippen LogP contribution in [-0.4, -0.2) is 30.0 Å². The van der Waals surface area contributed by atoms with Crippen LogP contribution in [0.2, 0.25) is 0 Å². The lowest BCUT2D eigenvalue weighted by molar-refractivity contribution is -0.135. The van der Waals surface area contributed by atoms with Crippen molar-refractivity contribution in [2.24, 2.45) is 5.92 Å². The van der Waals surface area contributed by atoms with E-state index in [4.69, 9.17) is 4.74 Å². The molecule has 3 heteroatoms. The molecule has 0 radical (unpaired) electrons. The van der Waals surface area contributed by atoms with E-state index in [1.165, 1.54) is 19.3 Å². The Morgan fingerprint density at radius 1 is 1.18 bits per heavy atom. The van der Waals surface area contributed by atoms with Gasteiger partial charge in [0.2, 0.25) is 5.91 Å². The number of carbonyl (C=O) groups is 1. The van der Waals surface area contributed by atoms with Gasteiger partial charge in [0, 0.05) is 12.6 Å². The number of hydrogen-bond acceptors (Lipinski definition) is 2. The van der Waals surface area contributed by atoms with Crippen molar-refractivity contribution in [1.82, 2.24) is 4.90 Å². The summed E-state index contributed by atoms with van der Waals surface area (Å²) in [6.45, 7) is 5.70. The topological polar surface area (TPSA) is 29.5 Å². The predicted molar refractivity (Wildman–Crippen MR) is 90.0 cm³/mol. The molecule has 0 atom stereocenters. The number of nitrogens with zero attached hydrogens (tertiary/aromatic N) is 1. The van der Waals surface area contributed by atoms with Crippen molar-refractivity contribution < 1.29 is 9.53 Å². The molecule has 0 aliphatic heterocycles. The Hall–Kier alpha value is -1.51. The first-order valence-corrected chi connectivity index (χ1v) is 8.64. The van der Waals surface area contributed by atoms with Gasteiger partial charge in [-0.15, -0.1) is 0 Å². The van der Waals surface area contributed by atoms with Crippen molar-refractivity contribution in [2.45, 2.75) is 58.4 Å². The lowest BCUT2D eigenvalue weighted by Crippen LogP contribution is -2.43. The summed E-state index contributed by atoms with van der Waals surface area (Å²) in [6, 6.07) is 10.2. The third-order valence-electron chi connectivity index (χ3n) is 4.23. The molecule has 1 aliphatic carbocycles. The first-order chi connectivity index (χ1) is 10.7. The molecule has 122 valence electrons. The van der Waals surface area contributed by atoms with Crippen LogP contribution < -0.4 is 4.74 Å². The summed E-state index contributed by atoms with van der Waals surface area (Å²) in [5.41, 5.74) is 0. The fourth-order valence-electron chi connectivity index (χ4n) is 3.16. The van der Waals surface area contributed by atoms with Gasteiger partial charge in [-0.1, -0.05) is 51.3 Å². The van der Waals surface area contributed by atoms with Crippen LogP contribution in [0.5, 0.6) is 5.75 Å². The van der Waals surface area contributed by atoms with Crippen LogP contribution in [0, 0.1) is 5.92 Å². The van der Waals surface area contributed by atoms with Crippen molar-refractivity contribution in [3.8, 4) is 5.75 Å². The lowest BCUT2D eigenvalue weighted by Gasteiger charge is -2.35. The van der Waals surface area contributed by atoms with Gasteiger partial charge >= 0.3 is 0 Å². The summed E-state index contributed by atoms with van der Waals surface area (Å²) in [7, 11) is 0. The molecule has 1 amide bonds. The Kier molecular flexibility index (Phi) is 6.75. The van der Waals surface area contributed by atoms with Crippen LogP contribution in [0.4, 0.5) is 0 Å². The van der Waals surface area contributed by atoms with Crippen molar-refractivity contribution in [3.63, 3.8) is 0 Å². The zero-order valence-corrected chi connectivity index (χ0v) is 14.0. The Bertz CT molecular complexity index is 438. The quantitative estimate of drug-likeness (QED) is 0.752. The summed E-state index contributed by atoms with van der Waals surface area (Å²) in [5.74, 6) is 1.60. The summed E-state index contributed by atoms with van der Waals surface area (Å²) in [5, 5.41) is 0. The van der Waals surface area contributed by atoms with Gasteiger partial charge in [-0.05, 0) is 30.9 Å². The average Bonchev–Trinajstić information content (AvgIpc) is 2.54. The standard InChI is InChI=1S/C19H29NO2/c1-16(2)15-20(17-9-5-3-6-10-17)19(21)13-14-22-18-11-7-4-8-12-18/h4,7-8,11-12,16-17H,3,5-6,9-10,13-15H2,1-2H3. The second-order valence-corrected chi connectivity index (χ2v) is 6.64. The van der Waals surface area contributed by atoms with Gasteiger partial charge in [-0.25, -0.2) is 0 Å². The number of para-hydroxylation sites is 1. The third kappa shape index (κ3) is 5.36. The molecule has 0 aromatic heterocycles. The Balaban J connectivity index is 1.84. The number of carbonyl (C=O) groups excluding carboxylic acids is 1. The van der Waals surface area contributed by atoms with Crippen LogP contribution >= 0.6 is 0 Å². The highest BCUT2D eigenvalue weighted by atomic mass is 16.5. The maximum absolute atomic E-state index is 12.6. The molecule has 0 N–H and O–H groups in total. The van der Waals surface area contributed by atoms with Crippen molar-refractivity contribution in [1.29, 1.82) is 0 Å².